The Hall–Kier alpha value is -1.26. The van der Waals surface area contributed by atoms with Crippen molar-refractivity contribution in [2.45, 2.75) is 51.0 Å². The second-order valence-electron chi connectivity index (χ2n) is 5.52. The number of carbonyl (C=O) groups excluding carboxylic acids is 1. The van der Waals surface area contributed by atoms with Crippen LogP contribution < -0.4 is 11.1 Å². The van der Waals surface area contributed by atoms with Crippen LogP contribution in [-0.4, -0.2) is 18.6 Å². The first kappa shape index (κ1) is 16.1. The van der Waals surface area contributed by atoms with Crippen LogP contribution in [-0.2, 0) is 9.53 Å². The van der Waals surface area contributed by atoms with Crippen LogP contribution in [0.3, 0.4) is 0 Å². The zero-order valence-corrected chi connectivity index (χ0v) is 13.0. The smallest absolute Gasteiger partial charge is 0.226 e. The normalized spacial score (nSPS) is 16.4. The van der Waals surface area contributed by atoms with E-state index in [0.29, 0.717) is 35.5 Å². The largest absolute Gasteiger partial charge is 0.397 e. The van der Waals surface area contributed by atoms with Gasteiger partial charge < -0.3 is 15.8 Å². The summed E-state index contributed by atoms with van der Waals surface area (Å²) < 4.78 is 5.81. The van der Waals surface area contributed by atoms with Crippen LogP contribution in [0, 0.1) is 0 Å². The highest BCUT2D eigenvalue weighted by molar-refractivity contribution is 6.33. The summed E-state index contributed by atoms with van der Waals surface area (Å²) in [5, 5.41) is 3.29. The van der Waals surface area contributed by atoms with Gasteiger partial charge in [-0.1, -0.05) is 37.3 Å². The number of nitrogen functional groups attached to an aromatic ring is 1. The second kappa shape index (κ2) is 8.25. The van der Waals surface area contributed by atoms with Crippen molar-refractivity contribution in [3.8, 4) is 0 Å². The van der Waals surface area contributed by atoms with Crippen molar-refractivity contribution in [2.24, 2.45) is 0 Å². The van der Waals surface area contributed by atoms with E-state index in [9.17, 15) is 4.79 Å². The SMILES string of the molecule is Nc1cc(NC(=O)CCOC2CCCCCC2)ccc1Cl. The molecule has 0 unspecified atom stereocenters. The van der Waals surface area contributed by atoms with E-state index < -0.39 is 0 Å². The summed E-state index contributed by atoms with van der Waals surface area (Å²) in [5.41, 5.74) is 6.83. The van der Waals surface area contributed by atoms with Gasteiger partial charge in [0.15, 0.2) is 0 Å². The van der Waals surface area contributed by atoms with E-state index in [1.165, 1.54) is 25.7 Å². The first-order valence-corrected chi connectivity index (χ1v) is 7.99. The van der Waals surface area contributed by atoms with E-state index in [-0.39, 0.29) is 5.91 Å². The molecule has 2 rings (SSSR count). The summed E-state index contributed by atoms with van der Waals surface area (Å²) in [7, 11) is 0. The number of nitrogens with one attached hydrogen (secondary N) is 1. The lowest BCUT2D eigenvalue weighted by molar-refractivity contribution is -0.117. The zero-order valence-electron chi connectivity index (χ0n) is 12.2. The Morgan fingerprint density at radius 3 is 2.67 bits per heavy atom. The highest BCUT2D eigenvalue weighted by Gasteiger charge is 2.13. The third-order valence-electron chi connectivity index (χ3n) is 3.76. The van der Waals surface area contributed by atoms with E-state index >= 15 is 0 Å². The molecule has 1 amide bonds. The maximum Gasteiger partial charge on any atom is 0.226 e. The molecule has 1 saturated carbocycles. The lowest BCUT2D eigenvalue weighted by atomic mass is 10.1. The van der Waals surface area contributed by atoms with E-state index in [2.05, 4.69) is 5.32 Å². The molecule has 116 valence electrons. The summed E-state index contributed by atoms with van der Waals surface area (Å²) in [6, 6.07) is 5.07. The predicted octanol–water partition coefficient (Wildman–Crippen LogP) is 3.99. The molecule has 0 spiro atoms. The minimum Gasteiger partial charge on any atom is -0.397 e. The molecule has 0 radical (unpaired) electrons. The lowest BCUT2D eigenvalue weighted by Gasteiger charge is -2.15. The molecule has 0 aromatic heterocycles. The van der Waals surface area contributed by atoms with Crippen LogP contribution in [0.25, 0.3) is 0 Å². The molecule has 1 aromatic rings. The van der Waals surface area contributed by atoms with E-state index in [1.807, 2.05) is 0 Å². The van der Waals surface area contributed by atoms with Crippen molar-refractivity contribution < 1.29 is 9.53 Å². The van der Waals surface area contributed by atoms with Crippen molar-refractivity contribution in [1.82, 2.24) is 0 Å². The van der Waals surface area contributed by atoms with E-state index in [1.54, 1.807) is 18.2 Å². The summed E-state index contributed by atoms with van der Waals surface area (Å²) >= 11 is 5.84. The van der Waals surface area contributed by atoms with Gasteiger partial charge in [0.1, 0.15) is 0 Å². The molecule has 1 aliphatic rings. The molecule has 1 aliphatic carbocycles. The Balaban J connectivity index is 1.70. The fourth-order valence-electron chi connectivity index (χ4n) is 2.57. The highest BCUT2D eigenvalue weighted by atomic mass is 35.5. The van der Waals surface area contributed by atoms with Gasteiger partial charge in [0.05, 0.1) is 29.8 Å². The predicted molar refractivity (Wildman–Crippen MR) is 86.6 cm³/mol. The number of hydrogen-bond donors (Lipinski definition) is 2. The Morgan fingerprint density at radius 2 is 2.00 bits per heavy atom. The minimum absolute atomic E-state index is 0.0645. The Bertz CT molecular complexity index is 471. The first-order valence-electron chi connectivity index (χ1n) is 7.61. The van der Waals surface area contributed by atoms with Crippen LogP contribution in [0.1, 0.15) is 44.9 Å². The van der Waals surface area contributed by atoms with Crippen molar-refractivity contribution >= 4 is 28.9 Å². The van der Waals surface area contributed by atoms with E-state index in [4.69, 9.17) is 22.1 Å². The summed E-state index contributed by atoms with van der Waals surface area (Å²) in [4.78, 5) is 11.9. The van der Waals surface area contributed by atoms with Gasteiger partial charge in [-0.2, -0.15) is 0 Å². The van der Waals surface area contributed by atoms with Gasteiger partial charge in [-0.05, 0) is 31.0 Å². The molecule has 21 heavy (non-hydrogen) atoms. The maximum absolute atomic E-state index is 11.9. The quantitative estimate of drug-likeness (QED) is 0.638. The Morgan fingerprint density at radius 1 is 1.29 bits per heavy atom. The topological polar surface area (TPSA) is 64.3 Å². The van der Waals surface area contributed by atoms with Gasteiger partial charge in [-0.25, -0.2) is 0 Å². The molecular weight excluding hydrogens is 288 g/mol. The van der Waals surface area contributed by atoms with Crippen molar-refractivity contribution in [2.75, 3.05) is 17.7 Å². The number of amides is 1. The van der Waals surface area contributed by atoms with Crippen LogP contribution in [0.2, 0.25) is 5.02 Å². The maximum atomic E-state index is 11.9. The van der Waals surface area contributed by atoms with Gasteiger partial charge in [0.2, 0.25) is 5.91 Å². The molecule has 0 atom stereocenters. The minimum atomic E-state index is -0.0645. The third-order valence-corrected chi connectivity index (χ3v) is 4.11. The summed E-state index contributed by atoms with van der Waals surface area (Å²) in [5.74, 6) is -0.0645. The van der Waals surface area contributed by atoms with Crippen LogP contribution in [0.4, 0.5) is 11.4 Å². The zero-order chi connectivity index (χ0) is 15.1. The fourth-order valence-corrected chi connectivity index (χ4v) is 2.69. The number of hydrogen-bond acceptors (Lipinski definition) is 3. The summed E-state index contributed by atoms with van der Waals surface area (Å²) in [6.45, 7) is 0.472. The number of nitrogens with two attached hydrogens (primary N) is 1. The monoisotopic (exact) mass is 310 g/mol. The van der Waals surface area contributed by atoms with Gasteiger partial charge >= 0.3 is 0 Å². The highest BCUT2D eigenvalue weighted by Crippen LogP contribution is 2.22. The van der Waals surface area contributed by atoms with Crippen molar-refractivity contribution in [3.05, 3.63) is 23.2 Å². The number of benzene rings is 1. The van der Waals surface area contributed by atoms with E-state index in [0.717, 1.165) is 12.8 Å². The number of anilines is 2. The molecule has 1 aromatic carbocycles. The second-order valence-corrected chi connectivity index (χ2v) is 5.93. The molecule has 0 heterocycles. The van der Waals surface area contributed by atoms with Crippen molar-refractivity contribution in [3.63, 3.8) is 0 Å². The number of ether oxygens (including phenoxy) is 1. The molecular formula is C16H23ClN2O2. The summed E-state index contributed by atoms with van der Waals surface area (Å²) in [6.07, 6.45) is 8.01. The standard InChI is InChI=1S/C16H23ClN2O2/c17-14-8-7-12(11-15(14)18)19-16(20)9-10-21-13-5-3-1-2-4-6-13/h7-8,11,13H,1-6,9-10,18H2,(H,19,20). The Labute approximate surface area is 131 Å². The number of rotatable bonds is 5. The first-order chi connectivity index (χ1) is 10.1. The van der Waals surface area contributed by atoms with Crippen molar-refractivity contribution in [1.29, 1.82) is 0 Å². The Kier molecular flexibility index (Phi) is 6.33. The van der Waals surface area contributed by atoms with Gasteiger partial charge in [-0.15, -0.1) is 0 Å². The third kappa shape index (κ3) is 5.56. The van der Waals surface area contributed by atoms with Crippen LogP contribution >= 0.6 is 11.6 Å². The molecule has 0 bridgehead atoms. The molecule has 3 N–H and O–H groups in total. The molecule has 0 saturated heterocycles. The van der Waals surface area contributed by atoms with Gasteiger partial charge in [-0.3, -0.25) is 4.79 Å². The number of halogens is 1. The molecule has 1 fully saturated rings. The molecule has 0 aliphatic heterocycles. The average Bonchev–Trinajstić information content (AvgIpc) is 2.72. The molecule has 4 nitrogen and oxygen atoms in total. The van der Waals surface area contributed by atoms with Gasteiger partial charge in [0.25, 0.3) is 0 Å². The lowest BCUT2D eigenvalue weighted by Crippen LogP contribution is -2.18. The fraction of sp³-hybridized carbons (Fsp3) is 0.562. The molecule has 5 heteroatoms. The van der Waals surface area contributed by atoms with Crippen LogP contribution in [0.15, 0.2) is 18.2 Å². The van der Waals surface area contributed by atoms with Crippen LogP contribution in [0.5, 0.6) is 0 Å². The number of carbonyl (C=O) groups is 1. The average molecular weight is 311 g/mol. The van der Waals surface area contributed by atoms with Gasteiger partial charge in [0, 0.05) is 5.69 Å².